The second-order valence-corrected chi connectivity index (χ2v) is 19.5. The van der Waals surface area contributed by atoms with Crippen LogP contribution >= 0.6 is 0 Å². The number of benzene rings is 3. The molecule has 3 aromatic rings. The zero-order valence-corrected chi connectivity index (χ0v) is 41.0. The van der Waals surface area contributed by atoms with Gasteiger partial charge in [0.15, 0.2) is 0 Å². The first-order valence-electron chi connectivity index (χ1n) is 25.7. The predicted molar refractivity (Wildman–Crippen MR) is 265 cm³/mol. The van der Waals surface area contributed by atoms with E-state index in [1.54, 1.807) is 37.1 Å². The van der Waals surface area contributed by atoms with Gasteiger partial charge in [-0.3, -0.25) is 43.8 Å². The number of nitrogens with one attached hydrogen (secondary N) is 5. The van der Waals surface area contributed by atoms with E-state index in [-0.39, 0.29) is 60.2 Å². The van der Waals surface area contributed by atoms with E-state index in [0.717, 1.165) is 87.5 Å². The highest BCUT2D eigenvalue weighted by molar-refractivity contribution is 6.25. The summed E-state index contributed by atoms with van der Waals surface area (Å²) in [5.74, 6) is -1.63. The van der Waals surface area contributed by atoms with Gasteiger partial charge in [0, 0.05) is 44.4 Å². The lowest BCUT2D eigenvalue weighted by atomic mass is 9.83. The molecular formula is C54H69N7O10. The summed E-state index contributed by atoms with van der Waals surface area (Å²) in [5, 5.41) is 14.9. The van der Waals surface area contributed by atoms with Crippen molar-refractivity contribution in [2.24, 2.45) is 5.92 Å². The van der Waals surface area contributed by atoms with Gasteiger partial charge in [0.25, 0.3) is 11.8 Å². The molecule has 2 saturated heterocycles. The van der Waals surface area contributed by atoms with Crippen LogP contribution in [0.1, 0.15) is 135 Å². The molecule has 3 fully saturated rings. The van der Waals surface area contributed by atoms with Gasteiger partial charge in [0.1, 0.15) is 35.7 Å². The van der Waals surface area contributed by atoms with Gasteiger partial charge >= 0.3 is 0 Å². The highest BCUT2D eigenvalue weighted by atomic mass is 16.5. The molecule has 5 aliphatic rings. The molecule has 0 bridgehead atoms. The van der Waals surface area contributed by atoms with E-state index in [0.29, 0.717) is 50.0 Å². The molecule has 8 rings (SSSR count). The van der Waals surface area contributed by atoms with E-state index in [1.165, 1.54) is 5.56 Å². The average molecular weight is 976 g/mol. The number of rotatable bonds is 22. The molecule has 2 aliphatic carbocycles. The molecule has 0 aromatic heterocycles. The summed E-state index contributed by atoms with van der Waals surface area (Å²) in [7, 11) is 1.72. The number of likely N-dealkylation sites (N-methyl/N-ethyl adjacent to an activating group) is 1. The van der Waals surface area contributed by atoms with Gasteiger partial charge in [-0.25, -0.2) is 0 Å². The van der Waals surface area contributed by atoms with Crippen LogP contribution in [0.25, 0.3) is 0 Å². The van der Waals surface area contributed by atoms with Crippen LogP contribution in [0.15, 0.2) is 66.7 Å². The summed E-state index contributed by atoms with van der Waals surface area (Å²) in [4.78, 5) is 95.6. The fourth-order valence-corrected chi connectivity index (χ4v) is 10.6. The highest BCUT2D eigenvalue weighted by Crippen LogP contribution is 2.35. The molecule has 380 valence electrons. The summed E-state index contributed by atoms with van der Waals surface area (Å²) in [6, 6.07) is 17.5. The smallest absolute Gasteiger partial charge is 0.264 e. The molecule has 7 amide bonds. The Bertz CT molecular complexity index is 2420. The Morgan fingerprint density at radius 2 is 1.56 bits per heavy atom. The van der Waals surface area contributed by atoms with Gasteiger partial charge < -0.3 is 40.4 Å². The molecule has 71 heavy (non-hydrogen) atoms. The average Bonchev–Trinajstić information content (AvgIpc) is 3.92. The van der Waals surface area contributed by atoms with Crippen molar-refractivity contribution in [2.75, 3.05) is 45.3 Å². The number of carbonyl (C=O) groups excluding carboxylic acids is 7. The molecule has 6 atom stereocenters. The van der Waals surface area contributed by atoms with E-state index in [4.69, 9.17) is 14.2 Å². The first-order chi connectivity index (χ1) is 34.5. The molecule has 17 heteroatoms. The molecule has 3 aromatic carbocycles. The molecule has 0 spiro atoms. The maximum atomic E-state index is 14.8. The summed E-state index contributed by atoms with van der Waals surface area (Å²) < 4.78 is 18.5. The van der Waals surface area contributed by atoms with Gasteiger partial charge in [-0.05, 0) is 119 Å². The third kappa shape index (κ3) is 12.4. The maximum Gasteiger partial charge on any atom is 0.264 e. The first kappa shape index (κ1) is 51.0. The fourth-order valence-electron chi connectivity index (χ4n) is 10.6. The van der Waals surface area contributed by atoms with Crippen LogP contribution in [0.2, 0.25) is 0 Å². The monoisotopic (exact) mass is 976 g/mol. The van der Waals surface area contributed by atoms with E-state index in [1.807, 2.05) is 36.4 Å². The number of amides is 7. The number of anilines is 1. The number of fused-ring (bicyclic) bond motifs is 2. The van der Waals surface area contributed by atoms with Crippen LogP contribution in [0.5, 0.6) is 11.5 Å². The number of piperidine rings is 1. The lowest BCUT2D eigenvalue weighted by molar-refractivity contribution is -0.143. The second kappa shape index (κ2) is 24.2. The molecule has 3 aliphatic heterocycles. The Kier molecular flexibility index (Phi) is 17.4. The van der Waals surface area contributed by atoms with Crippen LogP contribution in [0, 0.1) is 5.92 Å². The Morgan fingerprint density at radius 3 is 2.37 bits per heavy atom. The third-order valence-corrected chi connectivity index (χ3v) is 14.6. The lowest BCUT2D eigenvalue weighted by Gasteiger charge is -2.35. The number of hydrogen-bond donors (Lipinski definition) is 5. The van der Waals surface area contributed by atoms with Crippen molar-refractivity contribution in [3.05, 3.63) is 89.0 Å². The minimum Gasteiger partial charge on any atom is -0.493 e. The van der Waals surface area contributed by atoms with Crippen LogP contribution in [-0.2, 0) is 35.1 Å². The zero-order valence-electron chi connectivity index (χ0n) is 41.0. The van der Waals surface area contributed by atoms with Crippen molar-refractivity contribution in [3.8, 4) is 11.5 Å². The SMILES string of the molecule is CN[C@@H](C)C(=O)N[C@H](C(=O)N1C[C@@H](Oc2cccc(OCCCCOCCCCNc3cccc4c3C(=O)N(C3CCC(=O)NC3=O)C4=O)c2)C[C@H]1C(=O)N[C@@H]1CCCc2ccccc21)C1CCCCC1. The molecule has 0 radical (unpaired) electrons. The Hall–Kier alpha value is -6.33. The fraction of sp³-hybridized carbons (Fsp3) is 0.537. The van der Waals surface area contributed by atoms with Crippen LogP contribution in [-0.4, -0.2) is 121 Å². The quantitative estimate of drug-likeness (QED) is 0.0635. The molecule has 1 unspecified atom stereocenters. The normalized spacial score (nSPS) is 22.0. The predicted octanol–water partition coefficient (Wildman–Crippen LogP) is 5.37. The van der Waals surface area contributed by atoms with Crippen LogP contribution in [0.3, 0.4) is 0 Å². The number of unbranched alkanes of at least 4 members (excludes halogenated alkanes) is 2. The largest absolute Gasteiger partial charge is 0.493 e. The maximum absolute atomic E-state index is 14.8. The van der Waals surface area contributed by atoms with Gasteiger partial charge in [-0.15, -0.1) is 0 Å². The summed E-state index contributed by atoms with van der Waals surface area (Å²) in [5.41, 5.74) is 3.36. The summed E-state index contributed by atoms with van der Waals surface area (Å²) >= 11 is 0. The molecule has 17 nitrogen and oxygen atoms in total. The van der Waals surface area contributed by atoms with Gasteiger partial charge in [-0.1, -0.05) is 55.7 Å². The molecule has 3 heterocycles. The van der Waals surface area contributed by atoms with Gasteiger partial charge in [-0.2, -0.15) is 0 Å². The standard InChI is InChI=1S/C54H69N7O10/c1-34(55-2)49(63)59-48(36-16-4-3-5-17-36)54(68)60-33-39(32-45(60)51(65)57-42-23-12-18-35-15-6-7-21-40(35)42)71-38-20-13-19-37(31-38)70-30-11-10-29-69-28-9-8-27-56-43-24-14-22-41-47(43)53(67)61(52(41)66)44-25-26-46(62)58-50(44)64/h6-7,13-15,19-22,24,31,34,36,39,42,44-45,48,55-56H,3-5,8-12,16-18,23,25-30,32-33H2,1-2H3,(H,57,65)(H,59,63)(H,58,62,64)/t34-,39-,42+,44?,45-,48-/m0/s1. The summed E-state index contributed by atoms with van der Waals surface area (Å²) in [6.07, 6.45) is 10.6. The number of likely N-dealkylation sites (tertiary alicyclic amines) is 1. The Morgan fingerprint density at radius 1 is 0.803 bits per heavy atom. The van der Waals surface area contributed by atoms with Crippen molar-refractivity contribution in [3.63, 3.8) is 0 Å². The van der Waals surface area contributed by atoms with Crippen molar-refractivity contribution >= 4 is 47.0 Å². The van der Waals surface area contributed by atoms with Crippen molar-refractivity contribution in [1.29, 1.82) is 0 Å². The van der Waals surface area contributed by atoms with E-state index >= 15 is 0 Å². The number of nitrogens with zero attached hydrogens (tertiary/aromatic N) is 2. The molecular weight excluding hydrogens is 907 g/mol. The van der Waals surface area contributed by atoms with Crippen molar-refractivity contribution in [2.45, 2.75) is 140 Å². The Labute approximate surface area is 415 Å². The van der Waals surface area contributed by atoms with Gasteiger partial charge in [0.05, 0.1) is 36.4 Å². The minimum absolute atomic E-state index is 0.0243. The topological polar surface area (TPSA) is 214 Å². The van der Waals surface area contributed by atoms with Crippen molar-refractivity contribution in [1.82, 2.24) is 31.1 Å². The third-order valence-electron chi connectivity index (χ3n) is 14.6. The highest BCUT2D eigenvalue weighted by Gasteiger charge is 2.47. The first-order valence-corrected chi connectivity index (χ1v) is 25.7. The number of imide groups is 2. The van der Waals surface area contributed by atoms with E-state index in [9.17, 15) is 33.6 Å². The zero-order chi connectivity index (χ0) is 49.9. The minimum atomic E-state index is -1.01. The second-order valence-electron chi connectivity index (χ2n) is 19.5. The number of aryl methyl sites for hydroxylation is 1. The summed E-state index contributed by atoms with van der Waals surface area (Å²) in [6.45, 7) is 4.12. The Balaban J connectivity index is 0.791. The van der Waals surface area contributed by atoms with Crippen LogP contribution < -0.4 is 36.1 Å². The van der Waals surface area contributed by atoms with E-state index in [2.05, 4.69) is 38.7 Å². The number of hydrogen-bond acceptors (Lipinski definition) is 12. The number of ether oxygens (including phenoxy) is 3. The lowest BCUT2D eigenvalue weighted by Crippen LogP contribution is -2.58. The van der Waals surface area contributed by atoms with Crippen LogP contribution in [0.4, 0.5) is 5.69 Å². The van der Waals surface area contributed by atoms with Crippen molar-refractivity contribution < 1.29 is 47.8 Å². The van der Waals surface area contributed by atoms with E-state index < -0.39 is 53.9 Å². The molecule has 1 saturated carbocycles. The van der Waals surface area contributed by atoms with Gasteiger partial charge in [0.2, 0.25) is 29.5 Å². The molecule has 5 N–H and O–H groups in total. The number of carbonyl (C=O) groups is 7.